The van der Waals surface area contributed by atoms with Gasteiger partial charge >= 0.3 is 0 Å². The Morgan fingerprint density at radius 1 is 0.424 bits per heavy atom. The van der Waals surface area contributed by atoms with Crippen LogP contribution in [0, 0.1) is 0 Å². The molecule has 5 rings (SSSR count). The Morgan fingerprint density at radius 3 is 1.45 bits per heavy atom. The highest BCUT2D eigenvalue weighted by molar-refractivity contribution is 5.74. The Hall–Kier alpha value is -3.90. The fourth-order valence-electron chi connectivity index (χ4n) is 4.55. The molecule has 5 aromatic rings. The van der Waals surface area contributed by atoms with Crippen molar-refractivity contribution in [3.8, 4) is 33.4 Å². The average Bonchev–Trinajstić information content (AvgIpc) is 2.90. The lowest BCUT2D eigenvalue weighted by atomic mass is 9.91. The monoisotopic (exact) mass is 424 g/mol. The van der Waals surface area contributed by atoms with E-state index in [4.69, 9.17) is 0 Å². The first kappa shape index (κ1) is 21.0. The molecule has 0 aliphatic carbocycles. The fourth-order valence-corrected chi connectivity index (χ4v) is 4.55. The summed E-state index contributed by atoms with van der Waals surface area (Å²) < 4.78 is 0. The average molecular weight is 425 g/mol. The predicted molar refractivity (Wildman–Crippen MR) is 141 cm³/mol. The van der Waals surface area contributed by atoms with Crippen LogP contribution in [-0.2, 0) is 12.8 Å². The normalized spacial score (nSPS) is 10.8. The summed E-state index contributed by atoms with van der Waals surface area (Å²) in [5.74, 6) is 0. The van der Waals surface area contributed by atoms with Crippen molar-refractivity contribution in [2.75, 3.05) is 0 Å². The SMILES string of the molecule is CCc1ccc(Cc2cc(-c3ccccc3)cc(-c3ccccc3)c2)cc1-c1ccccc1. The summed E-state index contributed by atoms with van der Waals surface area (Å²) in [5.41, 5.74) is 11.7. The van der Waals surface area contributed by atoms with Crippen LogP contribution in [0.3, 0.4) is 0 Å². The van der Waals surface area contributed by atoms with E-state index in [1.165, 1.54) is 50.1 Å². The van der Waals surface area contributed by atoms with E-state index in [1.54, 1.807) is 0 Å². The molecular weight excluding hydrogens is 396 g/mol. The van der Waals surface area contributed by atoms with Crippen molar-refractivity contribution in [1.29, 1.82) is 0 Å². The largest absolute Gasteiger partial charge is 0.0622 e. The molecule has 0 nitrogen and oxygen atoms in total. The summed E-state index contributed by atoms with van der Waals surface area (Å²) in [6.07, 6.45) is 1.94. The lowest BCUT2D eigenvalue weighted by molar-refractivity contribution is 1.12. The molecule has 0 aliphatic rings. The summed E-state index contributed by atoms with van der Waals surface area (Å²) in [4.78, 5) is 0. The van der Waals surface area contributed by atoms with E-state index in [9.17, 15) is 0 Å². The van der Waals surface area contributed by atoms with Crippen LogP contribution in [0.4, 0.5) is 0 Å². The maximum absolute atomic E-state index is 2.38. The quantitative estimate of drug-likeness (QED) is 0.255. The molecule has 0 spiro atoms. The molecule has 33 heavy (non-hydrogen) atoms. The molecule has 0 amide bonds. The van der Waals surface area contributed by atoms with Gasteiger partial charge in [0.25, 0.3) is 0 Å². The Bertz CT molecular complexity index is 1280. The number of aryl methyl sites for hydroxylation is 1. The second kappa shape index (κ2) is 9.71. The summed E-state index contributed by atoms with van der Waals surface area (Å²) in [7, 11) is 0. The van der Waals surface area contributed by atoms with E-state index in [1.807, 2.05) is 0 Å². The van der Waals surface area contributed by atoms with Gasteiger partial charge in [0, 0.05) is 0 Å². The molecule has 0 heteroatoms. The van der Waals surface area contributed by atoms with Gasteiger partial charge in [-0.05, 0) is 69.0 Å². The van der Waals surface area contributed by atoms with Gasteiger partial charge in [0.15, 0.2) is 0 Å². The molecule has 0 radical (unpaired) electrons. The summed E-state index contributed by atoms with van der Waals surface area (Å²) in [6, 6.07) is 46.1. The van der Waals surface area contributed by atoms with Crippen molar-refractivity contribution >= 4 is 0 Å². The maximum atomic E-state index is 2.38. The standard InChI is InChI=1S/C33H28/c1-2-27-19-18-25(23-33(27)30-16-10-5-11-17-30)20-26-21-31(28-12-6-3-7-13-28)24-32(22-26)29-14-8-4-9-15-29/h3-19,21-24H,2,20H2,1H3. The highest BCUT2D eigenvalue weighted by Gasteiger charge is 2.09. The van der Waals surface area contributed by atoms with Gasteiger partial charge in [0.1, 0.15) is 0 Å². The van der Waals surface area contributed by atoms with Crippen LogP contribution in [0.15, 0.2) is 127 Å². The molecule has 0 saturated heterocycles. The Kier molecular flexibility index (Phi) is 6.17. The van der Waals surface area contributed by atoms with Gasteiger partial charge < -0.3 is 0 Å². The van der Waals surface area contributed by atoms with E-state index in [0.29, 0.717) is 0 Å². The van der Waals surface area contributed by atoms with Crippen LogP contribution in [0.1, 0.15) is 23.6 Å². The smallest absolute Gasteiger partial charge is 0.00251 e. The van der Waals surface area contributed by atoms with Gasteiger partial charge in [-0.25, -0.2) is 0 Å². The van der Waals surface area contributed by atoms with Gasteiger partial charge in [-0.2, -0.15) is 0 Å². The van der Waals surface area contributed by atoms with Crippen LogP contribution in [0.2, 0.25) is 0 Å². The van der Waals surface area contributed by atoms with E-state index in [-0.39, 0.29) is 0 Å². The van der Waals surface area contributed by atoms with E-state index in [0.717, 1.165) is 12.8 Å². The molecule has 0 fully saturated rings. The van der Waals surface area contributed by atoms with Crippen LogP contribution in [0.25, 0.3) is 33.4 Å². The van der Waals surface area contributed by atoms with Crippen LogP contribution in [0.5, 0.6) is 0 Å². The molecule has 0 atom stereocenters. The topological polar surface area (TPSA) is 0 Å². The third-order valence-electron chi connectivity index (χ3n) is 6.26. The van der Waals surface area contributed by atoms with Gasteiger partial charge in [0.05, 0.1) is 0 Å². The first-order valence-electron chi connectivity index (χ1n) is 11.7. The number of benzene rings is 5. The van der Waals surface area contributed by atoms with Crippen molar-refractivity contribution in [2.45, 2.75) is 19.8 Å². The third kappa shape index (κ3) is 4.81. The summed E-state index contributed by atoms with van der Waals surface area (Å²) in [5, 5.41) is 0. The first-order chi connectivity index (χ1) is 16.3. The number of hydrogen-bond acceptors (Lipinski definition) is 0. The van der Waals surface area contributed by atoms with Crippen LogP contribution >= 0.6 is 0 Å². The van der Waals surface area contributed by atoms with Gasteiger partial charge in [-0.15, -0.1) is 0 Å². The van der Waals surface area contributed by atoms with Crippen LogP contribution in [-0.4, -0.2) is 0 Å². The van der Waals surface area contributed by atoms with Crippen molar-refractivity contribution in [1.82, 2.24) is 0 Å². The lowest BCUT2D eigenvalue weighted by Crippen LogP contribution is -1.95. The summed E-state index contributed by atoms with van der Waals surface area (Å²) >= 11 is 0. The number of hydrogen-bond donors (Lipinski definition) is 0. The van der Waals surface area contributed by atoms with Crippen LogP contribution < -0.4 is 0 Å². The van der Waals surface area contributed by atoms with Gasteiger partial charge in [-0.1, -0.05) is 128 Å². The van der Waals surface area contributed by atoms with E-state index >= 15 is 0 Å². The van der Waals surface area contributed by atoms with E-state index in [2.05, 4.69) is 134 Å². The Balaban J connectivity index is 1.57. The highest BCUT2D eigenvalue weighted by Crippen LogP contribution is 2.31. The molecular formula is C33H28. The zero-order valence-corrected chi connectivity index (χ0v) is 19.0. The molecule has 0 aromatic heterocycles. The predicted octanol–water partition coefficient (Wildman–Crippen LogP) is 8.84. The van der Waals surface area contributed by atoms with E-state index < -0.39 is 0 Å². The minimum Gasteiger partial charge on any atom is -0.0622 e. The highest BCUT2D eigenvalue weighted by atomic mass is 14.1. The van der Waals surface area contributed by atoms with Crippen molar-refractivity contribution in [3.05, 3.63) is 144 Å². The molecule has 0 N–H and O–H groups in total. The Labute approximate surface area is 197 Å². The zero-order valence-electron chi connectivity index (χ0n) is 19.0. The molecule has 0 unspecified atom stereocenters. The second-order valence-corrected chi connectivity index (χ2v) is 8.54. The van der Waals surface area contributed by atoms with Gasteiger partial charge in [0.2, 0.25) is 0 Å². The van der Waals surface area contributed by atoms with Crippen molar-refractivity contribution in [3.63, 3.8) is 0 Å². The molecule has 0 saturated carbocycles. The van der Waals surface area contributed by atoms with Crippen molar-refractivity contribution in [2.24, 2.45) is 0 Å². The maximum Gasteiger partial charge on any atom is -0.00251 e. The van der Waals surface area contributed by atoms with Crippen molar-refractivity contribution < 1.29 is 0 Å². The minimum absolute atomic E-state index is 0.907. The molecule has 160 valence electrons. The molecule has 0 heterocycles. The second-order valence-electron chi connectivity index (χ2n) is 8.54. The first-order valence-corrected chi connectivity index (χ1v) is 11.7. The molecule has 5 aromatic carbocycles. The lowest BCUT2D eigenvalue weighted by Gasteiger charge is -2.14. The van der Waals surface area contributed by atoms with Gasteiger partial charge in [-0.3, -0.25) is 0 Å². The minimum atomic E-state index is 0.907. The zero-order chi connectivity index (χ0) is 22.5. The fraction of sp³-hybridized carbons (Fsp3) is 0.0909. The Morgan fingerprint density at radius 2 is 0.939 bits per heavy atom. The molecule has 0 aliphatic heterocycles. The third-order valence-corrected chi connectivity index (χ3v) is 6.26. The molecule has 0 bridgehead atoms. The summed E-state index contributed by atoms with van der Waals surface area (Å²) in [6.45, 7) is 2.23. The number of rotatable bonds is 6.